The van der Waals surface area contributed by atoms with Crippen LogP contribution < -0.4 is 15.2 Å². The van der Waals surface area contributed by atoms with Gasteiger partial charge in [-0.25, -0.2) is 8.78 Å². The van der Waals surface area contributed by atoms with E-state index >= 15 is 0 Å². The minimum absolute atomic E-state index is 0.0268. The molecule has 0 aliphatic carbocycles. The van der Waals surface area contributed by atoms with Gasteiger partial charge in [-0.2, -0.15) is 0 Å². The normalized spacial score (nSPS) is 16.7. The van der Waals surface area contributed by atoms with Crippen LogP contribution in [0.25, 0.3) is 0 Å². The Hall–Kier alpha value is -3.27. The number of carboxylic acids is 1. The maximum atomic E-state index is 14.8. The number of rotatable bonds is 7. The van der Waals surface area contributed by atoms with E-state index in [2.05, 4.69) is 5.32 Å². The standard InChI is InChI=1S/C26H30F2N2O5Si/c1-36(2,3)25-19(27)13-16(14-20(25)28)29-26(34)23-17-8-7-15-10-12-35-24(15)18(17)9-11-30(23)21(31)5-4-6-22(32)33/h7-8,13-14,23H,4-6,9-12H2,1-3H3,(H,29,34)(H,32,33)/t23-/m1/s1. The first kappa shape index (κ1) is 25.8. The van der Waals surface area contributed by atoms with Crippen LogP contribution in [0.3, 0.4) is 0 Å². The van der Waals surface area contributed by atoms with Crippen molar-refractivity contribution in [3.05, 3.63) is 52.6 Å². The third kappa shape index (κ3) is 5.13. The summed E-state index contributed by atoms with van der Waals surface area (Å²) in [5.74, 6) is -2.63. The molecule has 10 heteroatoms. The first-order valence-corrected chi connectivity index (χ1v) is 15.6. The fraction of sp³-hybridized carbons (Fsp3) is 0.423. The lowest BCUT2D eigenvalue weighted by Gasteiger charge is -2.37. The molecule has 0 radical (unpaired) electrons. The minimum atomic E-state index is -2.29. The van der Waals surface area contributed by atoms with E-state index in [-0.39, 0.29) is 42.6 Å². The maximum absolute atomic E-state index is 14.8. The average Bonchev–Trinajstić information content (AvgIpc) is 3.25. The van der Waals surface area contributed by atoms with Gasteiger partial charge in [-0.15, -0.1) is 0 Å². The second-order valence-corrected chi connectivity index (χ2v) is 15.3. The van der Waals surface area contributed by atoms with Crippen molar-refractivity contribution in [3.8, 4) is 5.75 Å². The molecular weight excluding hydrogens is 486 g/mol. The predicted molar refractivity (Wildman–Crippen MR) is 133 cm³/mol. The number of hydrogen-bond acceptors (Lipinski definition) is 4. The Kier molecular flexibility index (Phi) is 7.17. The number of carbonyl (C=O) groups is 3. The largest absolute Gasteiger partial charge is 0.493 e. The molecule has 4 rings (SSSR count). The van der Waals surface area contributed by atoms with E-state index in [1.807, 2.05) is 25.7 Å². The van der Waals surface area contributed by atoms with Gasteiger partial charge in [-0.3, -0.25) is 14.4 Å². The zero-order valence-corrected chi connectivity index (χ0v) is 21.6. The van der Waals surface area contributed by atoms with Crippen LogP contribution in [0, 0.1) is 11.6 Å². The molecule has 0 bridgehead atoms. The number of anilines is 1. The molecular formula is C26H30F2N2O5Si. The average molecular weight is 517 g/mol. The van der Waals surface area contributed by atoms with Gasteiger partial charge < -0.3 is 20.1 Å². The lowest BCUT2D eigenvalue weighted by atomic mass is 9.89. The van der Waals surface area contributed by atoms with Crippen LogP contribution in [0.4, 0.5) is 14.5 Å². The van der Waals surface area contributed by atoms with Crippen molar-refractivity contribution in [1.82, 2.24) is 4.90 Å². The van der Waals surface area contributed by atoms with Crippen molar-refractivity contribution in [2.45, 2.75) is 57.8 Å². The summed E-state index contributed by atoms with van der Waals surface area (Å²) in [5, 5.41) is 11.6. The highest BCUT2D eigenvalue weighted by molar-refractivity contribution is 6.88. The number of carboxylic acid groups (broad SMARTS) is 1. The zero-order chi connectivity index (χ0) is 26.2. The minimum Gasteiger partial charge on any atom is -0.493 e. The molecule has 0 saturated heterocycles. The van der Waals surface area contributed by atoms with E-state index in [1.54, 1.807) is 6.07 Å². The lowest BCUT2D eigenvalue weighted by Crippen LogP contribution is -2.45. The zero-order valence-electron chi connectivity index (χ0n) is 20.6. The Bertz CT molecular complexity index is 1200. The topological polar surface area (TPSA) is 95.9 Å². The number of benzene rings is 2. The van der Waals surface area contributed by atoms with Crippen molar-refractivity contribution in [3.63, 3.8) is 0 Å². The molecule has 0 unspecified atom stereocenters. The number of aliphatic carboxylic acids is 1. The Morgan fingerprint density at radius 2 is 1.81 bits per heavy atom. The van der Waals surface area contributed by atoms with E-state index in [0.717, 1.165) is 35.4 Å². The maximum Gasteiger partial charge on any atom is 0.303 e. The summed E-state index contributed by atoms with van der Waals surface area (Å²) >= 11 is 0. The number of nitrogens with zero attached hydrogens (tertiary/aromatic N) is 1. The number of hydrogen-bond donors (Lipinski definition) is 2. The Labute approximate surface area is 209 Å². The second-order valence-electron chi connectivity index (χ2n) is 10.3. The molecule has 36 heavy (non-hydrogen) atoms. The molecule has 0 fully saturated rings. The van der Waals surface area contributed by atoms with Gasteiger partial charge in [-0.1, -0.05) is 31.8 Å². The summed E-state index contributed by atoms with van der Waals surface area (Å²) in [6, 6.07) is 4.87. The molecule has 2 aromatic carbocycles. The molecule has 0 saturated carbocycles. The molecule has 2 N–H and O–H groups in total. The third-order valence-electron chi connectivity index (χ3n) is 6.61. The fourth-order valence-electron chi connectivity index (χ4n) is 5.03. The van der Waals surface area contributed by atoms with Gasteiger partial charge in [0.1, 0.15) is 23.4 Å². The molecule has 0 spiro atoms. The van der Waals surface area contributed by atoms with Gasteiger partial charge in [0.2, 0.25) is 5.91 Å². The lowest BCUT2D eigenvalue weighted by molar-refractivity contribution is -0.140. The Morgan fingerprint density at radius 3 is 2.44 bits per heavy atom. The Balaban J connectivity index is 1.66. The molecule has 2 aliphatic heterocycles. The molecule has 1 atom stereocenters. The summed E-state index contributed by atoms with van der Waals surface area (Å²) in [6.45, 7) is 6.29. The van der Waals surface area contributed by atoms with Crippen LogP contribution in [0.5, 0.6) is 5.75 Å². The molecule has 2 amide bonds. The van der Waals surface area contributed by atoms with E-state index in [0.29, 0.717) is 18.6 Å². The molecule has 0 aromatic heterocycles. The van der Waals surface area contributed by atoms with Gasteiger partial charge in [0, 0.05) is 42.2 Å². The predicted octanol–water partition coefficient (Wildman–Crippen LogP) is 3.76. The summed E-state index contributed by atoms with van der Waals surface area (Å²) in [6.07, 6.45) is 1.21. The van der Waals surface area contributed by atoms with Crippen LogP contribution >= 0.6 is 0 Å². The summed E-state index contributed by atoms with van der Waals surface area (Å²) in [5.41, 5.74) is 2.47. The van der Waals surface area contributed by atoms with Gasteiger partial charge in [0.25, 0.3) is 5.91 Å². The number of amides is 2. The van der Waals surface area contributed by atoms with Crippen LogP contribution in [0.2, 0.25) is 19.6 Å². The molecule has 192 valence electrons. The SMILES string of the molecule is C[Si](C)(C)c1c(F)cc(NC(=O)[C@H]2c3ccc4c(c3CCN2C(=O)CCCC(=O)O)OCC4)cc1F. The summed E-state index contributed by atoms with van der Waals surface area (Å²) in [7, 11) is -2.29. The van der Waals surface area contributed by atoms with Crippen molar-refractivity contribution in [2.24, 2.45) is 0 Å². The highest BCUT2D eigenvalue weighted by Crippen LogP contribution is 2.40. The van der Waals surface area contributed by atoms with Gasteiger partial charge in [0.05, 0.1) is 14.7 Å². The number of halogens is 2. The van der Waals surface area contributed by atoms with Crippen LogP contribution in [0.1, 0.15) is 42.0 Å². The van der Waals surface area contributed by atoms with Crippen molar-refractivity contribution in [1.29, 1.82) is 0 Å². The number of carbonyl (C=O) groups excluding carboxylic acids is 2. The first-order chi connectivity index (χ1) is 17.0. The van der Waals surface area contributed by atoms with E-state index in [1.165, 1.54) is 4.90 Å². The van der Waals surface area contributed by atoms with Gasteiger partial charge >= 0.3 is 5.97 Å². The van der Waals surface area contributed by atoms with Crippen LogP contribution in [0.15, 0.2) is 24.3 Å². The number of ether oxygens (including phenoxy) is 1. The van der Waals surface area contributed by atoms with E-state index < -0.39 is 37.6 Å². The van der Waals surface area contributed by atoms with Crippen LogP contribution in [-0.2, 0) is 27.2 Å². The Morgan fingerprint density at radius 1 is 1.11 bits per heavy atom. The second kappa shape index (κ2) is 10.0. The number of nitrogens with one attached hydrogen (secondary N) is 1. The van der Waals surface area contributed by atoms with Crippen LogP contribution in [-0.4, -0.2) is 49.0 Å². The smallest absolute Gasteiger partial charge is 0.303 e. The highest BCUT2D eigenvalue weighted by Gasteiger charge is 2.38. The molecule has 7 nitrogen and oxygen atoms in total. The summed E-state index contributed by atoms with van der Waals surface area (Å²) in [4.78, 5) is 38.9. The van der Waals surface area contributed by atoms with E-state index in [4.69, 9.17) is 9.84 Å². The van der Waals surface area contributed by atoms with E-state index in [9.17, 15) is 23.2 Å². The number of fused-ring (bicyclic) bond motifs is 3. The van der Waals surface area contributed by atoms with Gasteiger partial charge in [0.15, 0.2) is 0 Å². The fourth-order valence-corrected chi connectivity index (χ4v) is 6.61. The summed E-state index contributed by atoms with van der Waals surface area (Å²) < 4.78 is 35.4. The van der Waals surface area contributed by atoms with Crippen molar-refractivity contribution in [2.75, 3.05) is 18.5 Å². The molecule has 2 aromatic rings. The molecule has 2 aliphatic rings. The third-order valence-corrected chi connectivity index (χ3v) is 8.59. The van der Waals surface area contributed by atoms with Gasteiger partial charge in [-0.05, 0) is 36.1 Å². The quantitative estimate of drug-likeness (QED) is 0.547. The first-order valence-electron chi connectivity index (χ1n) is 12.1. The van der Waals surface area contributed by atoms with Crippen molar-refractivity contribution < 1.29 is 33.0 Å². The van der Waals surface area contributed by atoms with Crippen molar-refractivity contribution >= 4 is 36.7 Å². The highest BCUT2D eigenvalue weighted by atomic mass is 28.3. The monoisotopic (exact) mass is 516 g/mol. The molecule has 2 heterocycles.